The molecule has 0 saturated carbocycles. The van der Waals surface area contributed by atoms with Gasteiger partial charge in [-0.15, -0.1) is 0 Å². The minimum Gasteiger partial charge on any atom is -0.489 e. The lowest BCUT2D eigenvalue weighted by Crippen LogP contribution is -2.29. The monoisotopic (exact) mass is 634 g/mol. The van der Waals surface area contributed by atoms with Crippen LogP contribution in [-0.2, 0) is 16.1 Å². The van der Waals surface area contributed by atoms with Gasteiger partial charge in [0.25, 0.3) is 0 Å². The summed E-state index contributed by atoms with van der Waals surface area (Å²) in [5.74, 6) is 1.37. The number of hydrogen-bond acceptors (Lipinski definition) is 10. The fourth-order valence-electron chi connectivity index (χ4n) is 6.45. The summed E-state index contributed by atoms with van der Waals surface area (Å²) in [5.41, 5.74) is 5.59. The summed E-state index contributed by atoms with van der Waals surface area (Å²) in [6, 6.07) is 23.9. The second-order valence-corrected chi connectivity index (χ2v) is 11.5. The number of fused-ring (bicyclic) bond motifs is 5. The van der Waals surface area contributed by atoms with E-state index in [1.165, 1.54) is 38.4 Å². The summed E-state index contributed by atoms with van der Waals surface area (Å²) in [4.78, 5) is 29.5. The number of rotatable bonds is 8. The van der Waals surface area contributed by atoms with Gasteiger partial charge in [0.2, 0.25) is 0 Å². The molecule has 1 aromatic heterocycles. The maximum absolute atomic E-state index is 12.8. The number of carbonyl (C=O) groups excluding carboxylic acids is 1. The Labute approximate surface area is 268 Å². The Hall–Kier alpha value is -5.43. The first-order valence-electron chi connectivity index (χ1n) is 15.3. The van der Waals surface area contributed by atoms with Gasteiger partial charge in [0, 0.05) is 6.42 Å². The molecule has 1 aliphatic carbocycles. The number of nitrogens with one attached hydrogen (secondary N) is 2. The van der Waals surface area contributed by atoms with Crippen LogP contribution in [0.25, 0.3) is 33.0 Å². The number of aliphatic hydroxyl groups excluding tert-OH is 2. The van der Waals surface area contributed by atoms with E-state index < -0.39 is 30.2 Å². The summed E-state index contributed by atoms with van der Waals surface area (Å²) in [6.07, 6.45) is -1.43. The van der Waals surface area contributed by atoms with Gasteiger partial charge in [0.15, 0.2) is 17.3 Å². The van der Waals surface area contributed by atoms with Crippen molar-refractivity contribution < 1.29 is 34.0 Å². The smallest absolute Gasteiger partial charge is 0.407 e. The van der Waals surface area contributed by atoms with Crippen molar-refractivity contribution in [1.29, 1.82) is 0 Å². The highest BCUT2D eigenvalue weighted by molar-refractivity contribution is 6.15. The van der Waals surface area contributed by atoms with E-state index in [4.69, 9.17) is 18.9 Å². The maximum Gasteiger partial charge on any atom is 0.407 e. The molecule has 47 heavy (non-hydrogen) atoms. The van der Waals surface area contributed by atoms with Gasteiger partial charge in [-0.05, 0) is 50.7 Å². The molecule has 1 fully saturated rings. The first-order chi connectivity index (χ1) is 23.0. The van der Waals surface area contributed by atoms with Crippen LogP contribution in [0.15, 0.2) is 83.8 Å². The van der Waals surface area contributed by atoms with Gasteiger partial charge in [-0.2, -0.15) is 4.98 Å². The van der Waals surface area contributed by atoms with Crippen molar-refractivity contribution in [3.63, 3.8) is 0 Å². The molecule has 0 spiro atoms. The van der Waals surface area contributed by atoms with Crippen molar-refractivity contribution in [2.75, 3.05) is 25.1 Å². The van der Waals surface area contributed by atoms with Gasteiger partial charge in [-0.3, -0.25) is 4.57 Å². The topological polar surface area (TPSA) is 153 Å². The molecule has 12 heteroatoms. The lowest BCUT2D eigenvalue weighted by atomic mass is 9.99. The molecule has 4 aromatic carbocycles. The molecule has 1 saturated heterocycles. The number of ether oxygens (including phenoxy) is 4. The minimum absolute atomic E-state index is 0.125. The predicted molar refractivity (Wildman–Crippen MR) is 172 cm³/mol. The molecular weight excluding hydrogens is 604 g/mol. The largest absolute Gasteiger partial charge is 0.489 e. The molecule has 4 N–H and O–H groups in total. The average Bonchev–Trinajstić information content (AvgIpc) is 3.63. The Kier molecular flexibility index (Phi) is 7.24. The summed E-state index contributed by atoms with van der Waals surface area (Å²) >= 11 is 0. The summed E-state index contributed by atoms with van der Waals surface area (Å²) in [5, 5.41) is 27.5. The fourth-order valence-corrected chi connectivity index (χ4v) is 6.45. The number of benzene rings is 4. The van der Waals surface area contributed by atoms with Crippen LogP contribution in [0.4, 0.5) is 16.3 Å². The number of para-hydroxylation sites is 1. The predicted octanol–water partition coefficient (Wildman–Crippen LogP) is 4.84. The molecule has 8 rings (SSSR count). The number of anilines is 2. The quantitative estimate of drug-likeness (QED) is 0.171. The third kappa shape index (κ3) is 5.12. The summed E-state index contributed by atoms with van der Waals surface area (Å²) < 4.78 is 24.3. The number of nitrogens with zero attached hydrogens (tertiary/aromatic N) is 2. The lowest BCUT2D eigenvalue weighted by Gasteiger charge is -2.24. The first kappa shape index (κ1) is 29.0. The maximum atomic E-state index is 12.8. The highest BCUT2D eigenvalue weighted by Gasteiger charge is 2.36. The Morgan fingerprint density at radius 1 is 1.00 bits per heavy atom. The number of alkyl carbamates (subject to hydrolysis) is 1. The van der Waals surface area contributed by atoms with Crippen molar-refractivity contribution in [3.05, 3.63) is 95.0 Å². The van der Waals surface area contributed by atoms with Crippen molar-refractivity contribution in [3.8, 4) is 39.5 Å². The summed E-state index contributed by atoms with van der Waals surface area (Å²) in [7, 11) is 0. The van der Waals surface area contributed by atoms with E-state index in [1.54, 1.807) is 18.2 Å². The Morgan fingerprint density at radius 2 is 1.79 bits per heavy atom. The highest BCUT2D eigenvalue weighted by atomic mass is 16.6. The van der Waals surface area contributed by atoms with Crippen molar-refractivity contribution in [2.24, 2.45) is 0 Å². The highest BCUT2D eigenvalue weighted by Crippen LogP contribution is 2.48. The number of carbonyl (C=O) groups is 1. The molecule has 0 unspecified atom stereocenters. The third-order valence-corrected chi connectivity index (χ3v) is 8.69. The van der Waals surface area contributed by atoms with E-state index in [2.05, 4.69) is 45.9 Å². The molecule has 1 amide bonds. The second kappa shape index (κ2) is 11.7. The molecule has 3 atom stereocenters. The summed E-state index contributed by atoms with van der Waals surface area (Å²) in [6.45, 7) is 0.0877. The molecule has 5 aromatic rings. The van der Waals surface area contributed by atoms with Gasteiger partial charge in [0.1, 0.15) is 37.0 Å². The van der Waals surface area contributed by atoms with Crippen LogP contribution in [0.2, 0.25) is 0 Å². The SMILES string of the molecule is O=C(NCCOc1cccc2c1Nc1nc(=O)n([C@H]3C[C@@H](O)[C@@H](CO)O3)cc1O2)OCc1ccc2c3c(cccc13)-c1ccccc1-2. The number of amides is 1. The zero-order valence-corrected chi connectivity index (χ0v) is 25.0. The first-order valence-corrected chi connectivity index (χ1v) is 15.3. The molecule has 3 heterocycles. The van der Waals surface area contributed by atoms with Crippen LogP contribution < -0.4 is 25.8 Å². The molecule has 2 aliphatic heterocycles. The van der Waals surface area contributed by atoms with E-state index in [1.807, 2.05) is 24.3 Å². The second-order valence-electron chi connectivity index (χ2n) is 11.5. The van der Waals surface area contributed by atoms with E-state index in [9.17, 15) is 19.8 Å². The van der Waals surface area contributed by atoms with Gasteiger partial charge >= 0.3 is 11.8 Å². The number of hydrogen-bond donors (Lipinski definition) is 4. The standard InChI is InChI=1S/C35H30N4O8/c40-17-29-25(41)15-30(47-29)39-16-28-33(38-34(39)42)37-32-26(9-4-10-27(32)46-28)44-14-13-36-35(43)45-18-19-11-12-24-22-6-2-1-5-21(22)23-8-3-7-20(19)31(23)24/h1-12,16,25,29-30,40-41H,13-15,17-18H2,(H,36,43)(H,37,38,42)/t25-,29-,30-/m1/s1. The van der Waals surface area contributed by atoms with Gasteiger partial charge in [-0.25, -0.2) is 9.59 Å². The van der Waals surface area contributed by atoms with E-state index in [0.29, 0.717) is 17.2 Å². The van der Waals surface area contributed by atoms with Crippen molar-refractivity contribution in [2.45, 2.75) is 31.5 Å². The molecule has 0 radical (unpaired) electrons. The lowest BCUT2D eigenvalue weighted by molar-refractivity contribution is -0.0459. The minimum atomic E-state index is -0.900. The Morgan fingerprint density at radius 3 is 2.60 bits per heavy atom. The zero-order chi connectivity index (χ0) is 32.1. The normalized spacial score (nSPS) is 18.5. The molecule has 12 nitrogen and oxygen atoms in total. The van der Waals surface area contributed by atoms with Gasteiger partial charge < -0.3 is 39.8 Å². The number of aliphatic hydroxyl groups is 2. The van der Waals surface area contributed by atoms with Crippen LogP contribution in [0, 0.1) is 0 Å². The van der Waals surface area contributed by atoms with E-state index in [0.717, 1.165) is 10.9 Å². The van der Waals surface area contributed by atoms with E-state index >= 15 is 0 Å². The third-order valence-electron chi connectivity index (χ3n) is 8.69. The van der Waals surface area contributed by atoms with Gasteiger partial charge in [0.05, 0.1) is 25.5 Å². The van der Waals surface area contributed by atoms with Crippen LogP contribution in [0.3, 0.4) is 0 Å². The zero-order valence-electron chi connectivity index (χ0n) is 25.0. The molecule has 0 bridgehead atoms. The molecular formula is C35H30N4O8. The van der Waals surface area contributed by atoms with Gasteiger partial charge in [-0.1, -0.05) is 60.7 Å². The van der Waals surface area contributed by atoms with Crippen LogP contribution in [-0.4, -0.2) is 57.8 Å². The van der Waals surface area contributed by atoms with Crippen molar-refractivity contribution in [1.82, 2.24) is 14.9 Å². The van der Waals surface area contributed by atoms with Crippen LogP contribution in [0.5, 0.6) is 17.2 Å². The molecule has 238 valence electrons. The van der Waals surface area contributed by atoms with E-state index in [-0.39, 0.29) is 44.4 Å². The Balaban J connectivity index is 0.877. The number of aromatic nitrogens is 2. The van der Waals surface area contributed by atoms with Crippen molar-refractivity contribution >= 4 is 28.4 Å². The Bertz CT molecular complexity index is 2070. The molecule has 3 aliphatic rings. The van der Waals surface area contributed by atoms with Crippen LogP contribution in [0.1, 0.15) is 18.2 Å². The average molecular weight is 635 g/mol. The fraction of sp³-hybridized carbons (Fsp3) is 0.229. The van der Waals surface area contributed by atoms with Crippen LogP contribution >= 0.6 is 0 Å².